The Morgan fingerprint density at radius 2 is 2.19 bits per heavy atom. The molecule has 3 rings (SSSR count). The van der Waals surface area contributed by atoms with Crippen molar-refractivity contribution in [1.82, 2.24) is 5.32 Å². The Balaban J connectivity index is 1.75. The van der Waals surface area contributed by atoms with Crippen LogP contribution in [0.1, 0.15) is 29.2 Å². The minimum absolute atomic E-state index is 0.325. The minimum Gasteiger partial charge on any atom is -0.306 e. The number of hydrogen-bond acceptors (Lipinski definition) is 3. The summed E-state index contributed by atoms with van der Waals surface area (Å²) in [4.78, 5) is 1.31. The molecule has 0 aliphatic carbocycles. The van der Waals surface area contributed by atoms with E-state index < -0.39 is 0 Å². The molecule has 1 aliphatic rings. The third kappa shape index (κ3) is 3.41. The first kappa shape index (κ1) is 14.5. The Hall–Kier alpha value is -1.47. The van der Waals surface area contributed by atoms with Crippen molar-refractivity contribution >= 4 is 23.4 Å². The number of thioether (sulfide) groups is 1. The van der Waals surface area contributed by atoms with Gasteiger partial charge < -0.3 is 5.32 Å². The maximum Gasteiger partial charge on any atom is 0.0991 e. The molecule has 106 valence electrons. The summed E-state index contributed by atoms with van der Waals surface area (Å²) >= 11 is 8.01. The Morgan fingerprint density at radius 1 is 1.29 bits per heavy atom. The molecule has 1 heterocycles. The van der Waals surface area contributed by atoms with E-state index in [0.29, 0.717) is 11.6 Å². The zero-order valence-electron chi connectivity index (χ0n) is 11.5. The van der Waals surface area contributed by atoms with Crippen LogP contribution in [0.2, 0.25) is 5.02 Å². The van der Waals surface area contributed by atoms with Gasteiger partial charge in [-0.3, -0.25) is 0 Å². The third-order valence-corrected chi connectivity index (χ3v) is 4.98. The van der Waals surface area contributed by atoms with Crippen LogP contribution in [0.3, 0.4) is 0 Å². The van der Waals surface area contributed by atoms with E-state index in [0.717, 1.165) is 29.3 Å². The second kappa shape index (κ2) is 6.53. The number of rotatable bonds is 3. The number of fused-ring (bicyclic) bond motifs is 1. The standard InChI is InChI=1S/C17H15ClN2S/c18-14-4-5-17-15(9-14)16(6-7-21-17)20-11-13-3-1-2-12(8-13)10-19/h1-5,8-9,16,20H,6-7,11H2. The van der Waals surface area contributed by atoms with E-state index in [1.807, 2.05) is 42.1 Å². The van der Waals surface area contributed by atoms with Gasteiger partial charge in [-0.1, -0.05) is 23.7 Å². The molecule has 1 atom stereocenters. The van der Waals surface area contributed by atoms with Gasteiger partial charge in [0.2, 0.25) is 0 Å². The summed E-state index contributed by atoms with van der Waals surface area (Å²) in [6.45, 7) is 0.761. The number of hydrogen-bond donors (Lipinski definition) is 1. The first-order valence-electron chi connectivity index (χ1n) is 6.91. The van der Waals surface area contributed by atoms with Crippen LogP contribution in [0.25, 0.3) is 0 Å². The molecule has 0 spiro atoms. The Kier molecular flexibility index (Phi) is 4.50. The number of nitrogens with zero attached hydrogens (tertiary/aromatic N) is 1. The molecule has 21 heavy (non-hydrogen) atoms. The summed E-state index contributed by atoms with van der Waals surface area (Å²) in [6.07, 6.45) is 1.09. The van der Waals surface area contributed by atoms with Crippen molar-refractivity contribution in [2.45, 2.75) is 23.9 Å². The fraction of sp³-hybridized carbons (Fsp3) is 0.235. The first-order valence-corrected chi connectivity index (χ1v) is 8.27. The average molecular weight is 315 g/mol. The Morgan fingerprint density at radius 3 is 3.05 bits per heavy atom. The highest BCUT2D eigenvalue weighted by molar-refractivity contribution is 7.99. The number of nitriles is 1. The van der Waals surface area contributed by atoms with Gasteiger partial charge in [0.15, 0.2) is 0 Å². The van der Waals surface area contributed by atoms with Gasteiger partial charge in [0.05, 0.1) is 11.6 Å². The topological polar surface area (TPSA) is 35.8 Å². The fourth-order valence-corrected chi connectivity index (χ4v) is 3.86. The average Bonchev–Trinajstić information content (AvgIpc) is 2.53. The minimum atomic E-state index is 0.325. The van der Waals surface area contributed by atoms with E-state index in [1.165, 1.54) is 10.5 Å². The van der Waals surface area contributed by atoms with Gasteiger partial charge >= 0.3 is 0 Å². The highest BCUT2D eigenvalue weighted by atomic mass is 35.5. The molecular weight excluding hydrogens is 300 g/mol. The number of halogens is 1. The maximum absolute atomic E-state index is 8.95. The molecule has 2 aromatic rings. The van der Waals surface area contributed by atoms with Gasteiger partial charge in [-0.2, -0.15) is 5.26 Å². The molecule has 0 amide bonds. The van der Waals surface area contributed by atoms with Gasteiger partial charge in [-0.25, -0.2) is 0 Å². The van der Waals surface area contributed by atoms with E-state index in [-0.39, 0.29) is 0 Å². The SMILES string of the molecule is N#Cc1cccc(CNC2CCSc3ccc(Cl)cc32)c1. The van der Waals surface area contributed by atoms with E-state index in [1.54, 1.807) is 0 Å². The van der Waals surface area contributed by atoms with Gasteiger partial charge in [0.1, 0.15) is 0 Å². The van der Waals surface area contributed by atoms with Crippen molar-refractivity contribution in [3.63, 3.8) is 0 Å². The van der Waals surface area contributed by atoms with Crippen LogP contribution < -0.4 is 5.32 Å². The molecule has 0 bridgehead atoms. The van der Waals surface area contributed by atoms with Crippen molar-refractivity contribution in [1.29, 1.82) is 5.26 Å². The predicted molar refractivity (Wildman–Crippen MR) is 87.5 cm³/mol. The van der Waals surface area contributed by atoms with Crippen molar-refractivity contribution in [2.24, 2.45) is 0 Å². The van der Waals surface area contributed by atoms with Crippen molar-refractivity contribution in [3.05, 3.63) is 64.2 Å². The Labute approximate surface area is 134 Å². The van der Waals surface area contributed by atoms with E-state index in [9.17, 15) is 0 Å². The van der Waals surface area contributed by atoms with Crippen LogP contribution in [-0.4, -0.2) is 5.75 Å². The molecule has 0 saturated carbocycles. The monoisotopic (exact) mass is 314 g/mol. The third-order valence-electron chi connectivity index (χ3n) is 3.62. The van der Waals surface area contributed by atoms with Crippen molar-refractivity contribution in [3.8, 4) is 6.07 Å². The second-order valence-electron chi connectivity index (χ2n) is 5.06. The van der Waals surface area contributed by atoms with Crippen LogP contribution >= 0.6 is 23.4 Å². The normalized spacial score (nSPS) is 17.0. The van der Waals surface area contributed by atoms with Crippen LogP contribution in [-0.2, 0) is 6.54 Å². The zero-order valence-corrected chi connectivity index (χ0v) is 13.0. The molecule has 0 aromatic heterocycles. The van der Waals surface area contributed by atoms with E-state index in [4.69, 9.17) is 16.9 Å². The van der Waals surface area contributed by atoms with E-state index >= 15 is 0 Å². The van der Waals surface area contributed by atoms with Crippen molar-refractivity contribution < 1.29 is 0 Å². The molecule has 2 aromatic carbocycles. The van der Waals surface area contributed by atoms with Crippen LogP contribution in [0.5, 0.6) is 0 Å². The summed E-state index contributed by atoms with van der Waals surface area (Å²) in [5, 5.41) is 13.3. The molecule has 1 aliphatic heterocycles. The van der Waals surface area contributed by atoms with Crippen LogP contribution in [0, 0.1) is 11.3 Å². The Bertz CT molecular complexity index is 693. The number of nitrogens with one attached hydrogen (secondary N) is 1. The molecule has 2 nitrogen and oxygen atoms in total. The molecule has 1 unspecified atom stereocenters. The molecule has 0 fully saturated rings. The summed E-state index contributed by atoms with van der Waals surface area (Å²) in [5.41, 5.74) is 3.13. The largest absolute Gasteiger partial charge is 0.306 e. The molecule has 1 N–H and O–H groups in total. The van der Waals surface area contributed by atoms with Gasteiger partial charge in [0, 0.05) is 22.5 Å². The molecule has 0 radical (unpaired) electrons. The van der Waals surface area contributed by atoms with E-state index in [2.05, 4.69) is 23.5 Å². The maximum atomic E-state index is 8.95. The van der Waals surface area contributed by atoms with Crippen LogP contribution in [0.4, 0.5) is 0 Å². The van der Waals surface area contributed by atoms with Gasteiger partial charge in [-0.05, 0) is 53.6 Å². The lowest BCUT2D eigenvalue weighted by Crippen LogP contribution is -2.24. The lowest BCUT2D eigenvalue weighted by atomic mass is 10.0. The second-order valence-corrected chi connectivity index (χ2v) is 6.64. The molecular formula is C17H15ClN2S. The van der Waals surface area contributed by atoms with Crippen LogP contribution in [0.15, 0.2) is 47.4 Å². The van der Waals surface area contributed by atoms with Gasteiger partial charge in [-0.15, -0.1) is 11.8 Å². The lowest BCUT2D eigenvalue weighted by molar-refractivity contribution is 0.510. The summed E-state index contributed by atoms with van der Waals surface area (Å²) in [6, 6.07) is 16.4. The lowest BCUT2D eigenvalue weighted by Gasteiger charge is -2.26. The zero-order chi connectivity index (χ0) is 14.7. The van der Waals surface area contributed by atoms with Gasteiger partial charge in [0.25, 0.3) is 0 Å². The van der Waals surface area contributed by atoms with Crippen molar-refractivity contribution in [2.75, 3.05) is 5.75 Å². The number of benzene rings is 2. The quantitative estimate of drug-likeness (QED) is 0.903. The summed E-state index contributed by atoms with van der Waals surface area (Å²) in [7, 11) is 0. The smallest absolute Gasteiger partial charge is 0.0991 e. The first-order chi connectivity index (χ1) is 10.3. The summed E-state index contributed by atoms with van der Waals surface area (Å²) in [5.74, 6) is 1.12. The fourth-order valence-electron chi connectivity index (χ4n) is 2.57. The molecule has 0 saturated heterocycles. The highest BCUT2D eigenvalue weighted by Gasteiger charge is 2.20. The predicted octanol–water partition coefficient (Wildman–Crippen LogP) is 4.54. The molecule has 4 heteroatoms. The summed E-state index contributed by atoms with van der Waals surface area (Å²) < 4.78 is 0. The highest BCUT2D eigenvalue weighted by Crippen LogP contribution is 2.37.